The van der Waals surface area contributed by atoms with E-state index in [1.54, 1.807) is 0 Å². The minimum atomic E-state index is -0.0125. The average molecular weight is 287 g/mol. The Kier molecular flexibility index (Phi) is 4.91. The summed E-state index contributed by atoms with van der Waals surface area (Å²) in [5.74, 6) is 0.0598. The van der Waals surface area contributed by atoms with Gasteiger partial charge in [-0.2, -0.15) is 0 Å². The molecule has 0 unspecified atom stereocenters. The quantitative estimate of drug-likeness (QED) is 0.795. The summed E-state index contributed by atoms with van der Waals surface area (Å²) in [5.41, 5.74) is 1.06. The summed E-state index contributed by atoms with van der Waals surface area (Å²) in [4.78, 5) is 14.8. The van der Waals surface area contributed by atoms with Crippen LogP contribution in [0.3, 0.4) is 0 Å². The summed E-state index contributed by atoms with van der Waals surface area (Å²) < 4.78 is 5.51. The fourth-order valence-electron chi connectivity index (χ4n) is 3.65. The molecule has 3 heteroatoms. The number of nitrogens with zero attached hydrogens (tertiary/aromatic N) is 1. The van der Waals surface area contributed by atoms with E-state index in [1.165, 1.54) is 25.7 Å². The van der Waals surface area contributed by atoms with Crippen molar-refractivity contribution in [2.45, 2.75) is 51.2 Å². The Balaban J connectivity index is 1.49. The molecule has 1 saturated heterocycles. The molecule has 1 aliphatic carbocycles. The number of esters is 1. The first-order valence-electron chi connectivity index (χ1n) is 8.27. The van der Waals surface area contributed by atoms with Crippen molar-refractivity contribution in [2.24, 2.45) is 5.92 Å². The van der Waals surface area contributed by atoms with Gasteiger partial charge in [-0.25, -0.2) is 0 Å². The molecule has 1 saturated carbocycles. The Labute approximate surface area is 127 Å². The second kappa shape index (κ2) is 7.08. The van der Waals surface area contributed by atoms with Gasteiger partial charge in [0.05, 0.1) is 5.92 Å². The van der Waals surface area contributed by atoms with E-state index in [9.17, 15) is 4.79 Å². The molecule has 3 rings (SSSR count). The maximum atomic E-state index is 12.3. The molecular weight excluding hydrogens is 262 g/mol. The van der Waals surface area contributed by atoms with Crippen LogP contribution in [-0.4, -0.2) is 30.0 Å². The van der Waals surface area contributed by atoms with Crippen molar-refractivity contribution >= 4 is 5.97 Å². The van der Waals surface area contributed by atoms with Crippen molar-refractivity contribution in [1.82, 2.24) is 4.90 Å². The Bertz CT molecular complexity index is 454. The maximum Gasteiger partial charge on any atom is 0.310 e. The second-order valence-corrected chi connectivity index (χ2v) is 6.37. The SMILES string of the molecule is O=C(OCc1ccccc1)[C@H]1CCCN(C2CCCC2)C1. The van der Waals surface area contributed by atoms with Crippen LogP contribution in [0.1, 0.15) is 44.1 Å². The number of hydrogen-bond acceptors (Lipinski definition) is 3. The monoisotopic (exact) mass is 287 g/mol. The number of carbonyl (C=O) groups excluding carboxylic acids is 1. The zero-order valence-corrected chi connectivity index (χ0v) is 12.7. The molecule has 1 aromatic rings. The van der Waals surface area contributed by atoms with Gasteiger partial charge < -0.3 is 4.74 Å². The molecule has 1 aliphatic heterocycles. The molecule has 2 fully saturated rings. The summed E-state index contributed by atoms with van der Waals surface area (Å²) in [6.45, 7) is 2.46. The molecule has 0 amide bonds. The van der Waals surface area contributed by atoms with Crippen molar-refractivity contribution in [3.05, 3.63) is 35.9 Å². The normalized spacial score (nSPS) is 24.1. The van der Waals surface area contributed by atoms with Gasteiger partial charge in [0.2, 0.25) is 0 Å². The highest BCUT2D eigenvalue weighted by Gasteiger charge is 2.31. The average Bonchev–Trinajstić information content (AvgIpc) is 3.08. The largest absolute Gasteiger partial charge is 0.461 e. The van der Waals surface area contributed by atoms with Crippen LogP contribution in [0.2, 0.25) is 0 Å². The molecule has 0 N–H and O–H groups in total. The summed E-state index contributed by atoms with van der Waals surface area (Å²) in [7, 11) is 0. The molecule has 1 atom stereocenters. The van der Waals surface area contributed by atoms with E-state index in [4.69, 9.17) is 4.74 Å². The van der Waals surface area contributed by atoms with Gasteiger partial charge in [-0.05, 0) is 37.8 Å². The fourth-order valence-corrected chi connectivity index (χ4v) is 3.65. The van der Waals surface area contributed by atoms with Gasteiger partial charge in [0.25, 0.3) is 0 Å². The highest BCUT2D eigenvalue weighted by molar-refractivity contribution is 5.72. The van der Waals surface area contributed by atoms with E-state index in [1.807, 2.05) is 30.3 Å². The molecule has 114 valence electrons. The van der Waals surface area contributed by atoms with Crippen LogP contribution in [0.15, 0.2) is 30.3 Å². The van der Waals surface area contributed by atoms with Crippen molar-refractivity contribution in [1.29, 1.82) is 0 Å². The first-order valence-corrected chi connectivity index (χ1v) is 8.27. The minimum Gasteiger partial charge on any atom is -0.461 e. The highest BCUT2D eigenvalue weighted by atomic mass is 16.5. The van der Waals surface area contributed by atoms with E-state index in [0.717, 1.165) is 37.5 Å². The van der Waals surface area contributed by atoms with Gasteiger partial charge in [-0.3, -0.25) is 9.69 Å². The van der Waals surface area contributed by atoms with Crippen LogP contribution in [0, 0.1) is 5.92 Å². The van der Waals surface area contributed by atoms with Crippen molar-refractivity contribution in [3.8, 4) is 0 Å². The third-order valence-electron chi connectivity index (χ3n) is 4.85. The van der Waals surface area contributed by atoms with E-state index in [0.29, 0.717) is 6.61 Å². The number of ether oxygens (including phenoxy) is 1. The van der Waals surface area contributed by atoms with E-state index >= 15 is 0 Å². The molecular formula is C18H25NO2. The zero-order valence-electron chi connectivity index (χ0n) is 12.7. The number of benzene rings is 1. The molecule has 2 aliphatic rings. The number of likely N-dealkylation sites (tertiary alicyclic amines) is 1. The molecule has 3 nitrogen and oxygen atoms in total. The molecule has 1 aromatic carbocycles. The molecule has 0 spiro atoms. The van der Waals surface area contributed by atoms with Crippen LogP contribution in [0.4, 0.5) is 0 Å². The first kappa shape index (κ1) is 14.6. The molecule has 0 radical (unpaired) electrons. The van der Waals surface area contributed by atoms with Gasteiger partial charge in [0.1, 0.15) is 6.61 Å². The summed E-state index contributed by atoms with van der Waals surface area (Å²) >= 11 is 0. The topological polar surface area (TPSA) is 29.5 Å². The Morgan fingerprint density at radius 3 is 2.62 bits per heavy atom. The molecule has 21 heavy (non-hydrogen) atoms. The van der Waals surface area contributed by atoms with Crippen molar-refractivity contribution in [3.63, 3.8) is 0 Å². The minimum absolute atomic E-state index is 0.0125. The molecule has 1 heterocycles. The van der Waals surface area contributed by atoms with Crippen LogP contribution in [0.5, 0.6) is 0 Å². The van der Waals surface area contributed by atoms with E-state index in [2.05, 4.69) is 4.90 Å². The lowest BCUT2D eigenvalue weighted by Gasteiger charge is -2.35. The Morgan fingerprint density at radius 2 is 1.86 bits per heavy atom. The summed E-state index contributed by atoms with van der Waals surface area (Å²) in [5, 5.41) is 0. The van der Waals surface area contributed by atoms with E-state index in [-0.39, 0.29) is 11.9 Å². The number of hydrogen-bond donors (Lipinski definition) is 0. The lowest BCUT2D eigenvalue weighted by atomic mass is 9.96. The number of rotatable bonds is 4. The number of carbonyl (C=O) groups is 1. The predicted molar refractivity (Wildman–Crippen MR) is 82.8 cm³/mol. The smallest absolute Gasteiger partial charge is 0.310 e. The third-order valence-corrected chi connectivity index (χ3v) is 4.85. The predicted octanol–water partition coefficient (Wildman–Crippen LogP) is 3.38. The number of piperidine rings is 1. The van der Waals surface area contributed by atoms with Gasteiger partial charge in [-0.1, -0.05) is 43.2 Å². The summed E-state index contributed by atoms with van der Waals surface area (Å²) in [6.07, 6.45) is 7.44. The van der Waals surface area contributed by atoms with Gasteiger partial charge in [-0.15, -0.1) is 0 Å². The Hall–Kier alpha value is -1.35. The van der Waals surface area contributed by atoms with Crippen LogP contribution in [-0.2, 0) is 16.1 Å². The molecule has 0 bridgehead atoms. The fraction of sp³-hybridized carbons (Fsp3) is 0.611. The van der Waals surface area contributed by atoms with Gasteiger partial charge >= 0.3 is 5.97 Å². The lowest BCUT2D eigenvalue weighted by Crippen LogP contribution is -2.44. The standard InChI is InChI=1S/C18H25NO2/c20-18(21-14-15-7-2-1-3-8-15)16-9-6-12-19(13-16)17-10-4-5-11-17/h1-3,7-8,16-17H,4-6,9-14H2/t16-/m0/s1. The van der Waals surface area contributed by atoms with Crippen LogP contribution < -0.4 is 0 Å². The first-order chi connectivity index (χ1) is 10.3. The van der Waals surface area contributed by atoms with Gasteiger partial charge in [0, 0.05) is 12.6 Å². The lowest BCUT2D eigenvalue weighted by molar-refractivity contribution is -0.152. The molecule has 0 aromatic heterocycles. The highest BCUT2D eigenvalue weighted by Crippen LogP contribution is 2.28. The second-order valence-electron chi connectivity index (χ2n) is 6.37. The van der Waals surface area contributed by atoms with Crippen molar-refractivity contribution < 1.29 is 9.53 Å². The Morgan fingerprint density at radius 1 is 1.10 bits per heavy atom. The third kappa shape index (κ3) is 3.85. The van der Waals surface area contributed by atoms with Crippen LogP contribution >= 0.6 is 0 Å². The summed E-state index contributed by atoms with van der Waals surface area (Å²) in [6, 6.07) is 10.6. The van der Waals surface area contributed by atoms with Crippen molar-refractivity contribution in [2.75, 3.05) is 13.1 Å². The van der Waals surface area contributed by atoms with Crippen LogP contribution in [0.25, 0.3) is 0 Å². The maximum absolute atomic E-state index is 12.3. The van der Waals surface area contributed by atoms with Gasteiger partial charge in [0.15, 0.2) is 0 Å². The van der Waals surface area contributed by atoms with E-state index < -0.39 is 0 Å². The zero-order chi connectivity index (χ0) is 14.5.